The van der Waals surface area contributed by atoms with Crippen LogP contribution in [0.4, 0.5) is 5.82 Å². The van der Waals surface area contributed by atoms with Gasteiger partial charge in [-0.2, -0.15) is 0 Å². The Morgan fingerprint density at radius 3 is 2.60 bits per heavy atom. The van der Waals surface area contributed by atoms with Crippen molar-refractivity contribution in [3.05, 3.63) is 18.3 Å². The van der Waals surface area contributed by atoms with Crippen molar-refractivity contribution >= 4 is 32.0 Å². The van der Waals surface area contributed by atoms with Crippen molar-refractivity contribution in [1.82, 2.24) is 10.3 Å². The Hall–Kier alpha value is -0.700. The summed E-state index contributed by atoms with van der Waals surface area (Å²) in [5, 5.41) is 4.01. The molecule has 0 aromatic carbocycles. The first-order valence-corrected chi connectivity index (χ1v) is 5.46. The van der Waals surface area contributed by atoms with Crippen molar-refractivity contribution in [1.29, 1.82) is 0 Å². The number of pyridine rings is 1. The Kier molecular flexibility index (Phi) is 4.95. The quantitative estimate of drug-likeness (QED) is 0.784. The highest BCUT2D eigenvalue weighted by Gasteiger charge is 2.10. The number of halogens is 1. The SMILES string of the molecule is Cl.O=Pc1ccc(N2CCNCC2)nc1. The summed E-state index contributed by atoms with van der Waals surface area (Å²) in [7, 11) is 0.0365. The summed E-state index contributed by atoms with van der Waals surface area (Å²) >= 11 is 0. The first-order chi connectivity index (χ1) is 6.90. The molecule has 0 aliphatic carbocycles. The second-order valence-corrected chi connectivity index (χ2v) is 3.90. The molecule has 0 atom stereocenters. The second-order valence-electron chi connectivity index (χ2n) is 3.20. The van der Waals surface area contributed by atoms with E-state index in [9.17, 15) is 4.57 Å². The van der Waals surface area contributed by atoms with Gasteiger partial charge in [-0.15, -0.1) is 12.4 Å². The first kappa shape index (κ1) is 12.4. The van der Waals surface area contributed by atoms with E-state index in [0.29, 0.717) is 0 Å². The summed E-state index contributed by atoms with van der Waals surface area (Å²) in [6.07, 6.45) is 1.66. The van der Waals surface area contributed by atoms with Gasteiger partial charge in [0, 0.05) is 32.4 Å². The lowest BCUT2D eigenvalue weighted by Crippen LogP contribution is -2.43. The van der Waals surface area contributed by atoms with E-state index in [2.05, 4.69) is 15.2 Å². The second kappa shape index (κ2) is 6.01. The van der Waals surface area contributed by atoms with Crippen LogP contribution >= 0.6 is 20.9 Å². The maximum atomic E-state index is 10.5. The zero-order valence-corrected chi connectivity index (χ0v) is 9.93. The molecule has 2 heterocycles. The molecule has 15 heavy (non-hydrogen) atoms. The summed E-state index contributed by atoms with van der Waals surface area (Å²) in [6.45, 7) is 3.98. The minimum absolute atomic E-state index is 0. The number of aromatic nitrogens is 1. The van der Waals surface area contributed by atoms with E-state index in [0.717, 1.165) is 37.3 Å². The van der Waals surface area contributed by atoms with Gasteiger partial charge in [-0.3, -0.25) is 4.57 Å². The maximum absolute atomic E-state index is 10.5. The number of piperazine rings is 1. The third kappa shape index (κ3) is 3.13. The van der Waals surface area contributed by atoms with Gasteiger partial charge < -0.3 is 10.2 Å². The van der Waals surface area contributed by atoms with Gasteiger partial charge in [-0.25, -0.2) is 4.98 Å². The average Bonchev–Trinajstić information content (AvgIpc) is 2.30. The fourth-order valence-corrected chi connectivity index (χ4v) is 1.75. The van der Waals surface area contributed by atoms with Gasteiger partial charge >= 0.3 is 0 Å². The number of nitrogens with zero attached hydrogens (tertiary/aromatic N) is 2. The average molecular weight is 246 g/mol. The Balaban J connectivity index is 0.00000112. The van der Waals surface area contributed by atoms with Gasteiger partial charge in [0.2, 0.25) is 0 Å². The van der Waals surface area contributed by atoms with Crippen LogP contribution in [0.2, 0.25) is 0 Å². The monoisotopic (exact) mass is 245 g/mol. The molecule has 2 rings (SSSR count). The van der Waals surface area contributed by atoms with Gasteiger partial charge in [-0.05, 0) is 12.1 Å². The van der Waals surface area contributed by atoms with Crippen molar-refractivity contribution in [2.45, 2.75) is 0 Å². The predicted molar refractivity (Wildman–Crippen MR) is 63.8 cm³/mol. The van der Waals surface area contributed by atoms with E-state index >= 15 is 0 Å². The van der Waals surface area contributed by atoms with Gasteiger partial charge in [-0.1, -0.05) is 0 Å². The van der Waals surface area contributed by atoms with Crippen LogP contribution in [0.3, 0.4) is 0 Å². The van der Waals surface area contributed by atoms with Crippen LogP contribution in [-0.4, -0.2) is 31.2 Å². The summed E-state index contributed by atoms with van der Waals surface area (Å²) in [5.41, 5.74) is 0. The number of hydrogen-bond acceptors (Lipinski definition) is 4. The Morgan fingerprint density at radius 1 is 1.33 bits per heavy atom. The van der Waals surface area contributed by atoms with Crippen molar-refractivity contribution in [3.63, 3.8) is 0 Å². The van der Waals surface area contributed by atoms with E-state index in [1.165, 1.54) is 0 Å². The summed E-state index contributed by atoms with van der Waals surface area (Å²) in [6, 6.07) is 3.77. The lowest BCUT2D eigenvalue weighted by molar-refractivity contribution is 0.585. The van der Waals surface area contributed by atoms with Crippen LogP contribution < -0.4 is 15.5 Å². The minimum Gasteiger partial charge on any atom is -0.354 e. The fraction of sp³-hybridized carbons (Fsp3) is 0.444. The van der Waals surface area contributed by atoms with Crippen molar-refractivity contribution in [2.75, 3.05) is 31.1 Å². The topological polar surface area (TPSA) is 45.2 Å². The van der Waals surface area contributed by atoms with Gasteiger partial charge in [0.05, 0.1) is 5.30 Å². The molecule has 1 fully saturated rings. The number of rotatable bonds is 2. The Morgan fingerprint density at radius 2 is 2.07 bits per heavy atom. The summed E-state index contributed by atoms with van der Waals surface area (Å²) < 4.78 is 10.5. The van der Waals surface area contributed by atoms with Gasteiger partial charge in [0.25, 0.3) is 0 Å². The fourth-order valence-electron chi connectivity index (χ4n) is 1.51. The smallest absolute Gasteiger partial charge is 0.193 e. The van der Waals surface area contributed by atoms with E-state index < -0.39 is 0 Å². The molecule has 1 aliphatic heterocycles. The van der Waals surface area contributed by atoms with Crippen LogP contribution in [0.1, 0.15) is 0 Å². The molecule has 1 saturated heterocycles. The Bertz CT molecular complexity index is 314. The number of hydrogen-bond donors (Lipinski definition) is 1. The molecule has 1 N–H and O–H groups in total. The molecule has 1 aromatic heterocycles. The summed E-state index contributed by atoms with van der Waals surface area (Å²) in [4.78, 5) is 6.49. The Labute approximate surface area is 96.7 Å². The largest absolute Gasteiger partial charge is 0.354 e. The molecule has 1 aliphatic rings. The molecular formula is C9H13ClN3OP. The first-order valence-electron chi connectivity index (χ1n) is 4.65. The number of nitrogens with one attached hydrogen (secondary N) is 1. The highest BCUT2D eigenvalue weighted by atomic mass is 35.5. The third-order valence-corrected chi connectivity index (χ3v) is 2.75. The van der Waals surface area contributed by atoms with Crippen molar-refractivity contribution in [3.8, 4) is 0 Å². The van der Waals surface area contributed by atoms with E-state index in [4.69, 9.17) is 0 Å². The van der Waals surface area contributed by atoms with Crippen LogP contribution in [0.25, 0.3) is 0 Å². The molecule has 1 aromatic rings. The molecule has 0 unspecified atom stereocenters. The standard InChI is InChI=1S/C9H12N3OP.ClH/c13-14-8-1-2-9(11-7-8)12-5-3-10-4-6-12;/h1-2,7,10H,3-6H2;1H. The van der Waals surface area contributed by atoms with E-state index in [-0.39, 0.29) is 20.9 Å². The normalized spacial score (nSPS) is 16.1. The molecule has 6 heteroatoms. The maximum Gasteiger partial charge on any atom is 0.193 e. The zero-order chi connectivity index (χ0) is 9.80. The van der Waals surface area contributed by atoms with E-state index in [1.807, 2.05) is 12.1 Å². The lowest BCUT2D eigenvalue weighted by atomic mass is 10.3. The molecule has 0 bridgehead atoms. The van der Waals surface area contributed by atoms with Gasteiger partial charge in [0.15, 0.2) is 8.46 Å². The van der Waals surface area contributed by atoms with Crippen LogP contribution in [0.15, 0.2) is 18.3 Å². The third-order valence-electron chi connectivity index (χ3n) is 2.28. The molecule has 0 radical (unpaired) electrons. The highest BCUT2D eigenvalue weighted by Crippen LogP contribution is 2.09. The lowest BCUT2D eigenvalue weighted by Gasteiger charge is -2.28. The van der Waals surface area contributed by atoms with Crippen LogP contribution in [0.5, 0.6) is 0 Å². The summed E-state index contributed by atoms with van der Waals surface area (Å²) in [5.74, 6) is 0.971. The molecule has 0 amide bonds. The minimum atomic E-state index is 0. The van der Waals surface area contributed by atoms with Crippen LogP contribution in [0, 0.1) is 0 Å². The molecule has 0 spiro atoms. The van der Waals surface area contributed by atoms with Gasteiger partial charge in [0.1, 0.15) is 5.82 Å². The van der Waals surface area contributed by atoms with Crippen molar-refractivity contribution < 1.29 is 4.57 Å². The van der Waals surface area contributed by atoms with Crippen LogP contribution in [-0.2, 0) is 4.57 Å². The van der Waals surface area contributed by atoms with E-state index in [1.54, 1.807) is 6.20 Å². The zero-order valence-electron chi connectivity index (χ0n) is 8.22. The predicted octanol–water partition coefficient (Wildman–Crippen LogP) is 0.830. The molecular weight excluding hydrogens is 233 g/mol. The number of anilines is 1. The highest BCUT2D eigenvalue weighted by molar-refractivity contribution is 7.34. The molecule has 4 nitrogen and oxygen atoms in total. The molecule has 82 valence electrons. The molecule has 0 saturated carbocycles. The van der Waals surface area contributed by atoms with Crippen molar-refractivity contribution in [2.24, 2.45) is 0 Å².